The number of sulfone groups is 1. The van der Waals surface area contributed by atoms with E-state index in [0.717, 1.165) is 24.7 Å². The van der Waals surface area contributed by atoms with Gasteiger partial charge in [-0.2, -0.15) is 0 Å². The summed E-state index contributed by atoms with van der Waals surface area (Å²) in [5, 5.41) is 3.40. The standard InChI is InChI=1S/C14H29NO2S/c1-4-12-8-9-13(11-12)14(15-3)7-6-10-18(16,17)5-2/h12-15H,4-11H2,1-3H3. The van der Waals surface area contributed by atoms with E-state index >= 15 is 0 Å². The first-order valence-electron chi connectivity index (χ1n) is 7.40. The van der Waals surface area contributed by atoms with Crippen molar-refractivity contribution in [2.75, 3.05) is 18.6 Å². The first-order chi connectivity index (χ1) is 8.52. The summed E-state index contributed by atoms with van der Waals surface area (Å²) in [6.07, 6.45) is 7.07. The molecule has 0 bridgehead atoms. The number of rotatable bonds is 8. The molecule has 1 rings (SSSR count). The van der Waals surface area contributed by atoms with E-state index in [-0.39, 0.29) is 5.75 Å². The molecule has 18 heavy (non-hydrogen) atoms. The van der Waals surface area contributed by atoms with Crippen LogP contribution in [-0.2, 0) is 9.84 Å². The van der Waals surface area contributed by atoms with Gasteiger partial charge in [0.1, 0.15) is 9.84 Å². The minimum atomic E-state index is -2.79. The van der Waals surface area contributed by atoms with E-state index < -0.39 is 9.84 Å². The van der Waals surface area contributed by atoms with Crippen LogP contribution in [0.15, 0.2) is 0 Å². The van der Waals surface area contributed by atoms with Crippen molar-refractivity contribution in [1.82, 2.24) is 5.32 Å². The molecular formula is C14H29NO2S. The summed E-state index contributed by atoms with van der Waals surface area (Å²) in [6.45, 7) is 4.00. The number of hydrogen-bond donors (Lipinski definition) is 1. The minimum absolute atomic E-state index is 0.276. The highest BCUT2D eigenvalue weighted by Gasteiger charge is 2.29. The first kappa shape index (κ1) is 16.0. The van der Waals surface area contributed by atoms with Gasteiger partial charge in [-0.05, 0) is 44.6 Å². The first-order valence-corrected chi connectivity index (χ1v) is 9.22. The highest BCUT2D eigenvalue weighted by atomic mass is 32.2. The summed E-state index contributed by atoms with van der Waals surface area (Å²) < 4.78 is 22.9. The third-order valence-corrected chi connectivity index (χ3v) is 6.30. The van der Waals surface area contributed by atoms with Crippen molar-refractivity contribution in [2.45, 2.75) is 58.4 Å². The number of nitrogens with one attached hydrogen (secondary N) is 1. The van der Waals surface area contributed by atoms with Gasteiger partial charge in [-0.15, -0.1) is 0 Å². The Kier molecular flexibility index (Phi) is 6.64. The summed E-state index contributed by atoms with van der Waals surface area (Å²) in [7, 11) is -0.778. The Hall–Kier alpha value is -0.0900. The molecule has 0 aromatic rings. The smallest absolute Gasteiger partial charge is 0.150 e. The van der Waals surface area contributed by atoms with Crippen LogP contribution in [0, 0.1) is 11.8 Å². The largest absolute Gasteiger partial charge is 0.317 e. The fourth-order valence-corrected chi connectivity index (χ4v) is 4.03. The number of hydrogen-bond acceptors (Lipinski definition) is 3. The molecule has 3 nitrogen and oxygen atoms in total. The molecular weight excluding hydrogens is 246 g/mol. The molecule has 1 N–H and O–H groups in total. The van der Waals surface area contributed by atoms with Crippen LogP contribution in [0.4, 0.5) is 0 Å². The molecule has 1 saturated carbocycles. The van der Waals surface area contributed by atoms with Crippen LogP contribution in [0.3, 0.4) is 0 Å². The Morgan fingerprint density at radius 1 is 1.28 bits per heavy atom. The second-order valence-electron chi connectivity index (χ2n) is 5.62. The molecule has 0 heterocycles. The maximum Gasteiger partial charge on any atom is 0.150 e. The molecule has 1 aliphatic rings. The van der Waals surface area contributed by atoms with Crippen LogP contribution >= 0.6 is 0 Å². The highest BCUT2D eigenvalue weighted by Crippen LogP contribution is 2.35. The molecule has 0 saturated heterocycles. The van der Waals surface area contributed by atoms with Gasteiger partial charge in [0, 0.05) is 11.8 Å². The average molecular weight is 275 g/mol. The van der Waals surface area contributed by atoms with Gasteiger partial charge in [0.25, 0.3) is 0 Å². The second-order valence-corrected chi connectivity index (χ2v) is 8.09. The van der Waals surface area contributed by atoms with Crippen molar-refractivity contribution in [2.24, 2.45) is 11.8 Å². The van der Waals surface area contributed by atoms with Gasteiger partial charge >= 0.3 is 0 Å². The van der Waals surface area contributed by atoms with E-state index in [4.69, 9.17) is 0 Å². The summed E-state index contributed by atoms with van der Waals surface area (Å²) >= 11 is 0. The molecule has 3 atom stereocenters. The van der Waals surface area contributed by atoms with Crippen LogP contribution in [0.2, 0.25) is 0 Å². The second kappa shape index (κ2) is 7.49. The van der Waals surface area contributed by atoms with E-state index in [0.29, 0.717) is 11.8 Å². The van der Waals surface area contributed by atoms with E-state index in [1.807, 2.05) is 7.05 Å². The zero-order chi connectivity index (χ0) is 13.6. The van der Waals surface area contributed by atoms with Crippen molar-refractivity contribution in [3.8, 4) is 0 Å². The van der Waals surface area contributed by atoms with Gasteiger partial charge in [-0.1, -0.05) is 26.7 Å². The van der Waals surface area contributed by atoms with Crippen LogP contribution < -0.4 is 5.32 Å². The Morgan fingerprint density at radius 3 is 2.50 bits per heavy atom. The summed E-state index contributed by atoms with van der Waals surface area (Å²) in [4.78, 5) is 0. The van der Waals surface area contributed by atoms with E-state index in [1.165, 1.54) is 25.7 Å². The summed E-state index contributed by atoms with van der Waals surface area (Å²) in [5.41, 5.74) is 0. The lowest BCUT2D eigenvalue weighted by molar-refractivity contribution is 0.344. The zero-order valence-corrected chi connectivity index (χ0v) is 12.9. The van der Waals surface area contributed by atoms with E-state index in [2.05, 4.69) is 12.2 Å². The maximum absolute atomic E-state index is 11.5. The fraction of sp³-hybridized carbons (Fsp3) is 1.00. The summed E-state index contributed by atoms with van der Waals surface area (Å²) in [5.74, 6) is 2.28. The average Bonchev–Trinajstić information content (AvgIpc) is 2.83. The van der Waals surface area contributed by atoms with Crippen molar-refractivity contribution in [3.05, 3.63) is 0 Å². The Labute approximate surface area is 113 Å². The van der Waals surface area contributed by atoms with Crippen LogP contribution in [0.1, 0.15) is 52.4 Å². The molecule has 108 valence electrons. The molecule has 4 heteroatoms. The minimum Gasteiger partial charge on any atom is -0.317 e. The Morgan fingerprint density at radius 2 is 2.00 bits per heavy atom. The monoisotopic (exact) mass is 275 g/mol. The molecule has 0 aromatic carbocycles. The molecule has 3 unspecified atom stereocenters. The molecule has 0 aliphatic heterocycles. The predicted molar refractivity (Wildman–Crippen MR) is 77.5 cm³/mol. The van der Waals surface area contributed by atoms with Gasteiger partial charge in [-0.25, -0.2) is 8.42 Å². The lowest BCUT2D eigenvalue weighted by Crippen LogP contribution is -2.33. The lowest BCUT2D eigenvalue weighted by atomic mass is 9.93. The van der Waals surface area contributed by atoms with Crippen molar-refractivity contribution < 1.29 is 8.42 Å². The van der Waals surface area contributed by atoms with E-state index in [1.54, 1.807) is 6.92 Å². The van der Waals surface area contributed by atoms with Gasteiger partial charge in [0.2, 0.25) is 0 Å². The normalized spacial score (nSPS) is 26.4. The van der Waals surface area contributed by atoms with Gasteiger partial charge < -0.3 is 5.32 Å². The van der Waals surface area contributed by atoms with Gasteiger partial charge in [0.15, 0.2) is 0 Å². The van der Waals surface area contributed by atoms with Crippen LogP contribution in [-0.4, -0.2) is 33.0 Å². The van der Waals surface area contributed by atoms with Crippen molar-refractivity contribution in [1.29, 1.82) is 0 Å². The lowest BCUT2D eigenvalue weighted by Gasteiger charge is -2.23. The Balaban J connectivity index is 2.34. The highest BCUT2D eigenvalue weighted by molar-refractivity contribution is 7.91. The van der Waals surface area contributed by atoms with Gasteiger partial charge in [-0.3, -0.25) is 0 Å². The van der Waals surface area contributed by atoms with Crippen molar-refractivity contribution >= 4 is 9.84 Å². The third kappa shape index (κ3) is 4.88. The molecule has 0 aromatic heterocycles. The van der Waals surface area contributed by atoms with Crippen LogP contribution in [0.25, 0.3) is 0 Å². The molecule has 1 aliphatic carbocycles. The SMILES string of the molecule is CCC1CCC(C(CCCS(=O)(=O)CC)NC)C1. The maximum atomic E-state index is 11.5. The molecule has 0 amide bonds. The zero-order valence-electron chi connectivity index (χ0n) is 12.1. The molecule has 0 spiro atoms. The fourth-order valence-electron chi connectivity index (χ4n) is 3.13. The van der Waals surface area contributed by atoms with Crippen molar-refractivity contribution in [3.63, 3.8) is 0 Å². The van der Waals surface area contributed by atoms with Gasteiger partial charge in [0.05, 0.1) is 5.75 Å². The predicted octanol–water partition coefficient (Wildman–Crippen LogP) is 2.62. The topological polar surface area (TPSA) is 46.2 Å². The quantitative estimate of drug-likeness (QED) is 0.740. The molecule has 0 radical (unpaired) electrons. The van der Waals surface area contributed by atoms with Crippen LogP contribution in [0.5, 0.6) is 0 Å². The van der Waals surface area contributed by atoms with E-state index in [9.17, 15) is 8.42 Å². The molecule has 1 fully saturated rings. The third-order valence-electron chi connectivity index (χ3n) is 4.51. The Bertz CT molecular complexity index is 327. The summed E-state index contributed by atoms with van der Waals surface area (Å²) in [6, 6.07) is 0.508.